The number of nitro groups is 2. The van der Waals surface area contributed by atoms with Crippen molar-refractivity contribution in [1.29, 1.82) is 0 Å². The molecule has 8 nitrogen and oxygen atoms in total. The molecule has 1 aromatic carbocycles. The SMILES string of the molecule is CC(=O)OC(c1ccc([N+](=O)[O-])cc1)C(C)(C)[N+](=O)[O-]. The van der Waals surface area contributed by atoms with Crippen molar-refractivity contribution >= 4 is 11.7 Å². The Morgan fingerprint density at radius 1 is 1.20 bits per heavy atom. The van der Waals surface area contributed by atoms with Crippen LogP contribution in [0.15, 0.2) is 24.3 Å². The van der Waals surface area contributed by atoms with Crippen molar-refractivity contribution in [2.24, 2.45) is 0 Å². The van der Waals surface area contributed by atoms with Gasteiger partial charge in [-0.1, -0.05) is 0 Å². The summed E-state index contributed by atoms with van der Waals surface area (Å²) in [6.07, 6.45) is -1.13. The number of nitro benzene ring substituents is 1. The fourth-order valence-corrected chi connectivity index (χ4v) is 1.65. The molecule has 20 heavy (non-hydrogen) atoms. The number of hydrogen-bond donors (Lipinski definition) is 0. The lowest BCUT2D eigenvalue weighted by Gasteiger charge is -2.26. The molecule has 0 aliphatic carbocycles. The van der Waals surface area contributed by atoms with E-state index in [1.807, 2.05) is 0 Å². The maximum Gasteiger partial charge on any atom is 0.303 e. The maximum atomic E-state index is 11.1. The lowest BCUT2D eigenvalue weighted by molar-refractivity contribution is -0.574. The summed E-state index contributed by atoms with van der Waals surface area (Å²) in [5.41, 5.74) is -1.37. The third-order valence-electron chi connectivity index (χ3n) is 2.80. The third kappa shape index (κ3) is 3.28. The Bertz CT molecular complexity index is 537. The highest BCUT2D eigenvalue weighted by Crippen LogP contribution is 2.32. The van der Waals surface area contributed by atoms with E-state index in [1.54, 1.807) is 0 Å². The molecule has 0 saturated heterocycles. The summed E-state index contributed by atoms with van der Waals surface area (Å²) >= 11 is 0. The zero-order valence-electron chi connectivity index (χ0n) is 11.2. The van der Waals surface area contributed by atoms with Crippen molar-refractivity contribution in [1.82, 2.24) is 0 Å². The fraction of sp³-hybridized carbons (Fsp3) is 0.417. The van der Waals surface area contributed by atoms with Gasteiger partial charge < -0.3 is 4.74 Å². The summed E-state index contributed by atoms with van der Waals surface area (Å²) in [5.74, 6) is -0.664. The van der Waals surface area contributed by atoms with Gasteiger partial charge in [-0.2, -0.15) is 0 Å². The molecular formula is C12H14N2O6. The first-order chi connectivity index (χ1) is 9.16. The fourth-order valence-electron chi connectivity index (χ4n) is 1.65. The minimum Gasteiger partial charge on any atom is -0.450 e. The van der Waals surface area contributed by atoms with Gasteiger partial charge in [-0.05, 0) is 12.1 Å². The molecule has 1 unspecified atom stereocenters. The van der Waals surface area contributed by atoms with Gasteiger partial charge in [0.1, 0.15) is 0 Å². The van der Waals surface area contributed by atoms with Crippen LogP contribution in [0.4, 0.5) is 5.69 Å². The monoisotopic (exact) mass is 282 g/mol. The van der Waals surface area contributed by atoms with Crippen LogP contribution in [0.2, 0.25) is 0 Å². The van der Waals surface area contributed by atoms with Gasteiger partial charge in [0.05, 0.1) is 4.92 Å². The molecule has 0 saturated carbocycles. The average Bonchev–Trinajstić information content (AvgIpc) is 2.35. The number of nitrogens with zero attached hydrogens (tertiary/aromatic N) is 2. The zero-order chi connectivity index (χ0) is 15.5. The van der Waals surface area contributed by atoms with Gasteiger partial charge in [0.15, 0.2) is 6.10 Å². The molecule has 0 N–H and O–H groups in total. The van der Waals surface area contributed by atoms with E-state index in [0.29, 0.717) is 5.56 Å². The first kappa shape index (κ1) is 15.5. The Morgan fingerprint density at radius 3 is 2.05 bits per heavy atom. The molecule has 0 heterocycles. The number of esters is 1. The molecule has 1 atom stereocenters. The normalized spacial score (nSPS) is 12.6. The van der Waals surface area contributed by atoms with Gasteiger partial charge in [0.2, 0.25) is 0 Å². The Kier molecular flexibility index (Phi) is 4.38. The van der Waals surface area contributed by atoms with Crippen LogP contribution in [0.5, 0.6) is 0 Å². The molecule has 0 spiro atoms. The largest absolute Gasteiger partial charge is 0.450 e. The van der Waals surface area contributed by atoms with Crippen molar-refractivity contribution in [2.75, 3.05) is 0 Å². The minimum absolute atomic E-state index is 0.144. The average molecular weight is 282 g/mol. The number of carbonyl (C=O) groups excluding carboxylic acids is 1. The number of non-ortho nitro benzene ring substituents is 1. The van der Waals surface area contributed by atoms with Crippen LogP contribution in [-0.4, -0.2) is 21.4 Å². The van der Waals surface area contributed by atoms with Gasteiger partial charge in [-0.15, -0.1) is 0 Å². The summed E-state index contributed by atoms with van der Waals surface area (Å²) in [7, 11) is 0. The molecule has 0 radical (unpaired) electrons. The van der Waals surface area contributed by atoms with Crippen LogP contribution in [0.1, 0.15) is 32.4 Å². The Balaban J connectivity index is 3.20. The highest BCUT2D eigenvalue weighted by atomic mass is 16.6. The molecule has 8 heteroatoms. The molecule has 0 aliphatic heterocycles. The van der Waals surface area contributed by atoms with Crippen LogP contribution < -0.4 is 0 Å². The number of benzene rings is 1. The molecule has 0 aliphatic rings. The van der Waals surface area contributed by atoms with Crippen LogP contribution in [0.25, 0.3) is 0 Å². The van der Waals surface area contributed by atoms with E-state index >= 15 is 0 Å². The summed E-state index contributed by atoms with van der Waals surface area (Å²) in [6.45, 7) is 3.79. The van der Waals surface area contributed by atoms with E-state index in [2.05, 4.69) is 0 Å². The molecule has 0 amide bonds. The molecule has 0 fully saturated rings. The number of rotatable bonds is 5. The first-order valence-corrected chi connectivity index (χ1v) is 5.72. The first-order valence-electron chi connectivity index (χ1n) is 5.72. The van der Waals surface area contributed by atoms with Crippen LogP contribution >= 0.6 is 0 Å². The van der Waals surface area contributed by atoms with Crippen molar-refractivity contribution < 1.29 is 19.4 Å². The Morgan fingerprint density at radius 2 is 1.70 bits per heavy atom. The van der Waals surface area contributed by atoms with Gasteiger partial charge in [-0.3, -0.25) is 25.0 Å². The second kappa shape index (κ2) is 5.64. The van der Waals surface area contributed by atoms with E-state index in [-0.39, 0.29) is 5.69 Å². The van der Waals surface area contributed by atoms with Gasteiger partial charge >= 0.3 is 5.97 Å². The second-order valence-electron chi connectivity index (χ2n) is 4.75. The summed E-state index contributed by atoms with van der Waals surface area (Å²) in [4.78, 5) is 31.7. The number of hydrogen-bond acceptors (Lipinski definition) is 6. The third-order valence-corrected chi connectivity index (χ3v) is 2.80. The molecule has 1 aromatic rings. The predicted molar refractivity (Wildman–Crippen MR) is 68.7 cm³/mol. The van der Waals surface area contributed by atoms with Crippen LogP contribution in [0.3, 0.4) is 0 Å². The minimum atomic E-state index is -1.55. The Hall–Kier alpha value is -2.51. The summed E-state index contributed by atoms with van der Waals surface area (Å²) < 4.78 is 5.01. The summed E-state index contributed by atoms with van der Waals surface area (Å²) in [5, 5.41) is 21.7. The molecule has 0 aromatic heterocycles. The lowest BCUT2D eigenvalue weighted by Crippen LogP contribution is -2.40. The van der Waals surface area contributed by atoms with Gasteiger partial charge in [0, 0.05) is 43.4 Å². The van der Waals surface area contributed by atoms with Crippen LogP contribution in [0, 0.1) is 20.2 Å². The van der Waals surface area contributed by atoms with Gasteiger partial charge in [-0.25, -0.2) is 0 Å². The highest BCUT2D eigenvalue weighted by Gasteiger charge is 2.44. The lowest BCUT2D eigenvalue weighted by atomic mass is 9.91. The second-order valence-corrected chi connectivity index (χ2v) is 4.75. The van der Waals surface area contributed by atoms with Crippen molar-refractivity contribution in [3.05, 3.63) is 50.1 Å². The topological polar surface area (TPSA) is 113 Å². The van der Waals surface area contributed by atoms with E-state index in [1.165, 1.54) is 38.1 Å². The molecule has 108 valence electrons. The highest BCUT2D eigenvalue weighted by molar-refractivity contribution is 5.66. The van der Waals surface area contributed by atoms with E-state index in [0.717, 1.165) is 6.92 Å². The standard InChI is InChI=1S/C12H14N2O6/c1-8(15)20-11(12(2,3)14(18)19)9-4-6-10(7-5-9)13(16)17/h4-7,11H,1-3H3. The number of carbonyl (C=O) groups is 1. The zero-order valence-corrected chi connectivity index (χ0v) is 11.2. The van der Waals surface area contributed by atoms with Crippen molar-refractivity contribution in [3.8, 4) is 0 Å². The molecule has 0 bridgehead atoms. The Labute approximate surface area is 114 Å². The van der Waals surface area contributed by atoms with Gasteiger partial charge in [0.25, 0.3) is 11.2 Å². The quantitative estimate of drug-likeness (QED) is 0.465. The molecule has 1 rings (SSSR count). The maximum absolute atomic E-state index is 11.1. The van der Waals surface area contributed by atoms with E-state index in [4.69, 9.17) is 4.74 Å². The number of ether oxygens (including phenoxy) is 1. The van der Waals surface area contributed by atoms with Crippen LogP contribution in [-0.2, 0) is 9.53 Å². The van der Waals surface area contributed by atoms with Crippen molar-refractivity contribution in [2.45, 2.75) is 32.4 Å². The predicted octanol–water partition coefficient (Wildman–Crippen LogP) is 2.25. The smallest absolute Gasteiger partial charge is 0.303 e. The summed E-state index contributed by atoms with van der Waals surface area (Å²) in [6, 6.07) is 5.11. The molecular weight excluding hydrogens is 268 g/mol. The van der Waals surface area contributed by atoms with E-state index < -0.39 is 27.5 Å². The van der Waals surface area contributed by atoms with Crippen molar-refractivity contribution in [3.63, 3.8) is 0 Å². The van der Waals surface area contributed by atoms with E-state index in [9.17, 15) is 25.0 Å².